The van der Waals surface area contributed by atoms with E-state index >= 15 is 0 Å². The van der Waals surface area contributed by atoms with E-state index in [-0.39, 0.29) is 12.2 Å². The van der Waals surface area contributed by atoms with Gasteiger partial charge in [-0.3, -0.25) is 4.90 Å². The molecular weight excluding hydrogens is 240 g/mol. The number of ether oxygens (including phenoxy) is 2. The van der Waals surface area contributed by atoms with Crippen molar-refractivity contribution in [1.82, 2.24) is 9.80 Å². The Morgan fingerprint density at radius 2 is 1.68 bits per heavy atom. The molecule has 0 spiro atoms. The molecule has 1 saturated heterocycles. The zero-order valence-corrected chi connectivity index (χ0v) is 13.4. The first-order valence-corrected chi connectivity index (χ1v) is 7.69. The molecule has 0 aromatic rings. The van der Waals surface area contributed by atoms with Gasteiger partial charge in [-0.1, -0.05) is 6.92 Å². The second-order valence-corrected chi connectivity index (χ2v) is 5.96. The molecule has 1 aliphatic heterocycles. The van der Waals surface area contributed by atoms with Gasteiger partial charge in [-0.05, 0) is 34.2 Å². The molecule has 0 aromatic carbocycles. The summed E-state index contributed by atoms with van der Waals surface area (Å²) in [7, 11) is 2.19. The number of rotatable bonds is 8. The second kappa shape index (κ2) is 8.90. The normalized spacial score (nSPS) is 21.8. The van der Waals surface area contributed by atoms with Crippen molar-refractivity contribution < 1.29 is 9.47 Å². The molecule has 1 aliphatic rings. The van der Waals surface area contributed by atoms with Crippen LogP contribution < -0.4 is 0 Å². The van der Waals surface area contributed by atoms with Gasteiger partial charge in [-0.15, -0.1) is 0 Å². The molecule has 0 bridgehead atoms. The maximum absolute atomic E-state index is 6.10. The number of hydrogen-bond donors (Lipinski definition) is 0. The highest BCUT2D eigenvalue weighted by Gasteiger charge is 2.20. The molecule has 2 unspecified atom stereocenters. The van der Waals surface area contributed by atoms with Crippen molar-refractivity contribution in [3.05, 3.63) is 0 Å². The van der Waals surface area contributed by atoms with Gasteiger partial charge in [0.2, 0.25) is 0 Å². The average molecular weight is 272 g/mol. The first kappa shape index (κ1) is 16.9. The average Bonchev–Trinajstić information content (AvgIpc) is 2.38. The molecule has 19 heavy (non-hydrogen) atoms. The van der Waals surface area contributed by atoms with Crippen LogP contribution in [0.15, 0.2) is 0 Å². The van der Waals surface area contributed by atoms with Gasteiger partial charge in [0.05, 0.1) is 24.9 Å². The van der Waals surface area contributed by atoms with E-state index in [9.17, 15) is 0 Å². The van der Waals surface area contributed by atoms with Gasteiger partial charge >= 0.3 is 0 Å². The van der Waals surface area contributed by atoms with Gasteiger partial charge < -0.3 is 14.4 Å². The summed E-state index contributed by atoms with van der Waals surface area (Å²) in [6, 6.07) is 0. The maximum Gasteiger partial charge on any atom is 0.0938 e. The molecule has 4 nitrogen and oxygen atoms in total. The quantitative estimate of drug-likeness (QED) is 0.673. The van der Waals surface area contributed by atoms with Gasteiger partial charge in [-0.2, -0.15) is 0 Å². The van der Waals surface area contributed by atoms with Crippen LogP contribution in [-0.4, -0.2) is 74.5 Å². The van der Waals surface area contributed by atoms with Crippen molar-refractivity contribution in [1.29, 1.82) is 0 Å². The van der Waals surface area contributed by atoms with E-state index in [2.05, 4.69) is 44.5 Å². The Morgan fingerprint density at radius 3 is 2.21 bits per heavy atom. The fourth-order valence-electron chi connectivity index (χ4n) is 2.18. The summed E-state index contributed by atoms with van der Waals surface area (Å²) in [5.74, 6) is 0. The van der Waals surface area contributed by atoms with Crippen LogP contribution in [0.1, 0.15) is 34.1 Å². The number of nitrogens with zero attached hydrogens (tertiary/aromatic N) is 2. The van der Waals surface area contributed by atoms with Crippen molar-refractivity contribution in [2.75, 3.05) is 46.4 Å². The van der Waals surface area contributed by atoms with Crippen molar-refractivity contribution in [3.63, 3.8) is 0 Å². The summed E-state index contributed by atoms with van der Waals surface area (Å²) >= 11 is 0. The summed E-state index contributed by atoms with van der Waals surface area (Å²) in [6.07, 6.45) is 1.84. The van der Waals surface area contributed by atoms with Crippen LogP contribution in [0.5, 0.6) is 0 Å². The summed E-state index contributed by atoms with van der Waals surface area (Å²) in [6.45, 7) is 14.7. The third kappa shape index (κ3) is 7.25. The zero-order chi connectivity index (χ0) is 14.3. The minimum Gasteiger partial charge on any atom is -0.376 e. The summed E-state index contributed by atoms with van der Waals surface area (Å²) in [5.41, 5.74) is 0. The van der Waals surface area contributed by atoms with Crippen molar-refractivity contribution >= 4 is 0 Å². The SMILES string of the molecule is CCC(C)OC(COC(C)C)CN1CCN(C)CC1. The van der Waals surface area contributed by atoms with Gasteiger partial charge in [0.25, 0.3) is 0 Å². The zero-order valence-electron chi connectivity index (χ0n) is 13.4. The highest BCUT2D eigenvalue weighted by Crippen LogP contribution is 2.08. The van der Waals surface area contributed by atoms with E-state index in [1.807, 2.05) is 0 Å². The molecule has 0 radical (unpaired) electrons. The molecule has 0 aliphatic carbocycles. The molecule has 1 heterocycles. The molecule has 114 valence electrons. The molecule has 0 saturated carbocycles. The standard InChI is InChI=1S/C15H32N2O2/c1-6-14(4)19-15(12-18-13(2)3)11-17-9-7-16(5)8-10-17/h13-15H,6-12H2,1-5H3. The Bertz CT molecular complexity index is 228. The third-order valence-corrected chi connectivity index (χ3v) is 3.67. The maximum atomic E-state index is 6.10. The van der Waals surface area contributed by atoms with E-state index < -0.39 is 0 Å². The van der Waals surface area contributed by atoms with Gasteiger partial charge in [0.15, 0.2) is 0 Å². The predicted octanol–water partition coefficient (Wildman–Crippen LogP) is 1.84. The minimum absolute atomic E-state index is 0.195. The van der Waals surface area contributed by atoms with Crippen LogP contribution in [0, 0.1) is 0 Å². The van der Waals surface area contributed by atoms with Crippen LogP contribution in [0.25, 0.3) is 0 Å². The number of piperazine rings is 1. The van der Waals surface area contributed by atoms with E-state index in [1.165, 1.54) is 0 Å². The monoisotopic (exact) mass is 272 g/mol. The number of hydrogen-bond acceptors (Lipinski definition) is 4. The molecule has 1 fully saturated rings. The minimum atomic E-state index is 0.195. The Balaban J connectivity index is 2.38. The second-order valence-electron chi connectivity index (χ2n) is 5.96. The highest BCUT2D eigenvalue weighted by atomic mass is 16.5. The van der Waals surface area contributed by atoms with E-state index in [0.717, 1.165) is 39.1 Å². The van der Waals surface area contributed by atoms with Gasteiger partial charge in [-0.25, -0.2) is 0 Å². The summed E-state index contributed by atoms with van der Waals surface area (Å²) in [5, 5.41) is 0. The Labute approximate surface area is 119 Å². The highest BCUT2D eigenvalue weighted by molar-refractivity contribution is 4.73. The van der Waals surface area contributed by atoms with Gasteiger partial charge in [0.1, 0.15) is 0 Å². The molecular formula is C15H32N2O2. The fourth-order valence-corrected chi connectivity index (χ4v) is 2.18. The summed E-state index contributed by atoms with van der Waals surface area (Å²) in [4.78, 5) is 4.88. The lowest BCUT2D eigenvalue weighted by Crippen LogP contribution is -2.48. The first-order chi connectivity index (χ1) is 9.01. The topological polar surface area (TPSA) is 24.9 Å². The van der Waals surface area contributed by atoms with Gasteiger partial charge in [0, 0.05) is 32.7 Å². The lowest BCUT2D eigenvalue weighted by Gasteiger charge is -2.35. The molecule has 0 N–H and O–H groups in total. The van der Waals surface area contributed by atoms with Crippen LogP contribution in [-0.2, 0) is 9.47 Å². The lowest BCUT2D eigenvalue weighted by atomic mass is 10.2. The molecule has 4 heteroatoms. The van der Waals surface area contributed by atoms with Crippen LogP contribution in [0.2, 0.25) is 0 Å². The number of likely N-dealkylation sites (N-methyl/N-ethyl adjacent to an activating group) is 1. The lowest BCUT2D eigenvalue weighted by molar-refractivity contribution is -0.0785. The van der Waals surface area contributed by atoms with Crippen LogP contribution >= 0.6 is 0 Å². The fraction of sp³-hybridized carbons (Fsp3) is 1.00. The molecule has 2 atom stereocenters. The van der Waals surface area contributed by atoms with E-state index in [4.69, 9.17) is 9.47 Å². The molecule has 0 aromatic heterocycles. The third-order valence-electron chi connectivity index (χ3n) is 3.67. The van der Waals surface area contributed by atoms with Crippen LogP contribution in [0.3, 0.4) is 0 Å². The molecule has 0 amide bonds. The Morgan fingerprint density at radius 1 is 1.05 bits per heavy atom. The predicted molar refractivity (Wildman–Crippen MR) is 79.7 cm³/mol. The van der Waals surface area contributed by atoms with Crippen molar-refractivity contribution in [2.45, 2.75) is 52.4 Å². The van der Waals surface area contributed by atoms with Crippen molar-refractivity contribution in [3.8, 4) is 0 Å². The molecule has 1 rings (SSSR count). The largest absolute Gasteiger partial charge is 0.376 e. The van der Waals surface area contributed by atoms with E-state index in [1.54, 1.807) is 0 Å². The van der Waals surface area contributed by atoms with Crippen molar-refractivity contribution in [2.24, 2.45) is 0 Å². The Hall–Kier alpha value is -0.160. The summed E-state index contributed by atoms with van der Waals surface area (Å²) < 4.78 is 11.8. The smallest absolute Gasteiger partial charge is 0.0938 e. The van der Waals surface area contributed by atoms with Crippen LogP contribution in [0.4, 0.5) is 0 Å². The van der Waals surface area contributed by atoms with E-state index in [0.29, 0.717) is 12.7 Å². The first-order valence-electron chi connectivity index (χ1n) is 7.69. The Kier molecular flexibility index (Phi) is 7.91.